The summed E-state index contributed by atoms with van der Waals surface area (Å²) in [5.41, 5.74) is 8.96. The molecular formula is C35H48. The first-order valence-electron chi connectivity index (χ1n) is 13.9. The summed E-state index contributed by atoms with van der Waals surface area (Å²) < 4.78 is 0. The summed E-state index contributed by atoms with van der Waals surface area (Å²) in [5.74, 6) is 2.00. The first-order valence-corrected chi connectivity index (χ1v) is 13.9. The zero-order valence-electron chi connectivity index (χ0n) is 23.4. The minimum Gasteiger partial charge on any atom is -0.0625 e. The molecule has 0 fully saturated rings. The van der Waals surface area contributed by atoms with E-state index in [1.807, 2.05) is 0 Å². The first kappa shape index (κ1) is 27.3. The van der Waals surface area contributed by atoms with Crippen molar-refractivity contribution < 1.29 is 0 Å². The molecule has 0 saturated heterocycles. The summed E-state index contributed by atoms with van der Waals surface area (Å²) in [7, 11) is 0. The Morgan fingerprint density at radius 3 is 1.43 bits per heavy atom. The second-order valence-corrected chi connectivity index (χ2v) is 12.4. The summed E-state index contributed by atoms with van der Waals surface area (Å²) >= 11 is 0. The second-order valence-electron chi connectivity index (χ2n) is 12.4. The summed E-state index contributed by atoms with van der Waals surface area (Å²) in [6, 6.07) is 28.1. The maximum atomic E-state index is 2.36. The van der Waals surface area contributed by atoms with Gasteiger partial charge in [0.25, 0.3) is 0 Å². The van der Waals surface area contributed by atoms with Gasteiger partial charge in [0.2, 0.25) is 0 Å². The highest BCUT2D eigenvalue weighted by Gasteiger charge is 2.14. The smallest absolute Gasteiger partial charge is 0.0132 e. The van der Waals surface area contributed by atoms with Gasteiger partial charge in [0.1, 0.15) is 0 Å². The van der Waals surface area contributed by atoms with E-state index in [2.05, 4.69) is 121 Å². The van der Waals surface area contributed by atoms with Crippen LogP contribution in [0.1, 0.15) is 101 Å². The van der Waals surface area contributed by atoms with Gasteiger partial charge in [0.15, 0.2) is 0 Å². The molecule has 0 amide bonds. The van der Waals surface area contributed by atoms with Gasteiger partial charge < -0.3 is 0 Å². The Balaban J connectivity index is 1.66. The van der Waals surface area contributed by atoms with Crippen LogP contribution in [0.4, 0.5) is 0 Å². The molecule has 1 atom stereocenters. The minimum absolute atomic E-state index is 0.216. The number of benzene rings is 3. The molecular weight excluding hydrogens is 420 g/mol. The Labute approximate surface area is 216 Å². The van der Waals surface area contributed by atoms with Crippen molar-refractivity contribution >= 4 is 0 Å². The van der Waals surface area contributed by atoms with Gasteiger partial charge in [-0.05, 0) is 95.1 Å². The van der Waals surface area contributed by atoms with Crippen molar-refractivity contribution in [1.82, 2.24) is 0 Å². The lowest BCUT2D eigenvalue weighted by molar-refractivity contribution is 0.448. The molecule has 0 heterocycles. The highest BCUT2D eigenvalue weighted by Crippen LogP contribution is 2.25. The van der Waals surface area contributed by atoms with Crippen LogP contribution in [0.2, 0.25) is 0 Å². The van der Waals surface area contributed by atoms with E-state index >= 15 is 0 Å². The largest absolute Gasteiger partial charge is 0.0625 e. The molecule has 0 aromatic heterocycles. The third-order valence-corrected chi connectivity index (χ3v) is 7.34. The average molecular weight is 469 g/mol. The second kappa shape index (κ2) is 12.6. The van der Waals surface area contributed by atoms with Crippen molar-refractivity contribution in [2.75, 3.05) is 0 Å². The van der Waals surface area contributed by atoms with Crippen LogP contribution in [0, 0.1) is 11.8 Å². The Bertz CT molecular complexity index is 996. The van der Waals surface area contributed by atoms with Crippen LogP contribution in [0.25, 0.3) is 0 Å². The third-order valence-electron chi connectivity index (χ3n) is 7.34. The lowest BCUT2D eigenvalue weighted by Gasteiger charge is -2.20. The summed E-state index contributed by atoms with van der Waals surface area (Å²) in [6.45, 7) is 16.0. The molecule has 1 unspecified atom stereocenters. The van der Waals surface area contributed by atoms with Gasteiger partial charge in [-0.3, -0.25) is 0 Å². The molecule has 3 aromatic rings. The van der Waals surface area contributed by atoms with Crippen LogP contribution < -0.4 is 0 Å². The Morgan fingerprint density at radius 1 is 0.543 bits per heavy atom. The average Bonchev–Trinajstić information content (AvgIpc) is 2.81. The van der Waals surface area contributed by atoms with E-state index in [1.54, 1.807) is 0 Å². The van der Waals surface area contributed by atoms with Gasteiger partial charge in [0, 0.05) is 0 Å². The van der Waals surface area contributed by atoms with Crippen molar-refractivity contribution in [3.05, 3.63) is 106 Å². The number of rotatable bonds is 11. The van der Waals surface area contributed by atoms with Crippen molar-refractivity contribution in [2.45, 2.75) is 98.3 Å². The first-order chi connectivity index (χ1) is 16.6. The molecule has 0 radical (unpaired) electrons. The summed E-state index contributed by atoms with van der Waals surface area (Å²) in [5, 5.41) is 0. The van der Waals surface area contributed by atoms with E-state index in [0.29, 0.717) is 17.8 Å². The monoisotopic (exact) mass is 468 g/mol. The van der Waals surface area contributed by atoms with Crippen molar-refractivity contribution in [1.29, 1.82) is 0 Å². The quantitative estimate of drug-likeness (QED) is 0.263. The normalized spacial score (nSPS) is 12.9. The zero-order chi connectivity index (χ0) is 25.4. The van der Waals surface area contributed by atoms with E-state index in [-0.39, 0.29) is 5.41 Å². The van der Waals surface area contributed by atoms with Gasteiger partial charge in [-0.1, -0.05) is 121 Å². The topological polar surface area (TPSA) is 0 Å². The molecule has 0 saturated carbocycles. The fraction of sp³-hybridized carbons (Fsp3) is 0.486. The van der Waals surface area contributed by atoms with E-state index in [9.17, 15) is 0 Å². The van der Waals surface area contributed by atoms with Crippen molar-refractivity contribution in [3.8, 4) is 0 Å². The van der Waals surface area contributed by atoms with Crippen LogP contribution in [-0.4, -0.2) is 0 Å². The Morgan fingerprint density at radius 2 is 0.971 bits per heavy atom. The Hall–Kier alpha value is -2.34. The maximum Gasteiger partial charge on any atom is -0.0132 e. The lowest BCUT2D eigenvalue weighted by atomic mass is 9.85. The maximum absolute atomic E-state index is 2.36. The van der Waals surface area contributed by atoms with Crippen LogP contribution in [0.3, 0.4) is 0 Å². The van der Waals surface area contributed by atoms with Gasteiger partial charge in [-0.2, -0.15) is 0 Å². The van der Waals surface area contributed by atoms with E-state index < -0.39 is 0 Å². The molecule has 0 aliphatic rings. The minimum atomic E-state index is 0.216. The highest BCUT2D eigenvalue weighted by atomic mass is 14.2. The van der Waals surface area contributed by atoms with E-state index in [0.717, 1.165) is 6.42 Å². The van der Waals surface area contributed by atoms with E-state index in [4.69, 9.17) is 0 Å². The zero-order valence-corrected chi connectivity index (χ0v) is 23.4. The van der Waals surface area contributed by atoms with Gasteiger partial charge in [-0.15, -0.1) is 0 Å². The molecule has 188 valence electrons. The third kappa shape index (κ3) is 8.99. The van der Waals surface area contributed by atoms with Crippen LogP contribution >= 0.6 is 0 Å². The molecule has 0 aliphatic heterocycles. The van der Waals surface area contributed by atoms with Crippen molar-refractivity contribution in [3.63, 3.8) is 0 Å². The molecule has 0 heteroatoms. The number of aryl methyl sites for hydroxylation is 2. The standard InChI is InChI=1S/C35H48/c1-26(2)24-30-12-8-28(9-13-30)10-14-31(25-32-16-20-33(21-17-32)27(3)4)15-11-29-18-22-34(23-19-29)35(5,6)7/h8-9,12-13,16-23,26-27,31H,10-11,14-15,24-25H2,1-7H3. The van der Waals surface area contributed by atoms with Crippen LogP contribution in [0.15, 0.2) is 72.8 Å². The van der Waals surface area contributed by atoms with Gasteiger partial charge in [0.05, 0.1) is 0 Å². The highest BCUT2D eigenvalue weighted by molar-refractivity contribution is 5.28. The predicted molar refractivity (Wildman–Crippen MR) is 154 cm³/mol. The molecule has 0 nitrogen and oxygen atoms in total. The lowest BCUT2D eigenvalue weighted by Crippen LogP contribution is -2.11. The molecule has 0 spiro atoms. The summed E-state index contributed by atoms with van der Waals surface area (Å²) in [4.78, 5) is 0. The number of hydrogen-bond donors (Lipinski definition) is 0. The van der Waals surface area contributed by atoms with Crippen LogP contribution in [-0.2, 0) is 31.1 Å². The van der Waals surface area contributed by atoms with E-state index in [1.165, 1.54) is 65.5 Å². The van der Waals surface area contributed by atoms with Gasteiger partial charge >= 0.3 is 0 Å². The fourth-order valence-electron chi connectivity index (χ4n) is 4.95. The number of hydrogen-bond acceptors (Lipinski definition) is 0. The molecule has 0 N–H and O–H groups in total. The SMILES string of the molecule is CC(C)Cc1ccc(CCC(CCc2ccc(C(C)(C)C)cc2)Cc2ccc(C(C)C)cc2)cc1. The molecule has 35 heavy (non-hydrogen) atoms. The fourth-order valence-corrected chi connectivity index (χ4v) is 4.95. The molecule has 3 rings (SSSR count). The molecule has 0 aliphatic carbocycles. The van der Waals surface area contributed by atoms with Crippen LogP contribution in [0.5, 0.6) is 0 Å². The summed E-state index contributed by atoms with van der Waals surface area (Å²) in [6.07, 6.45) is 7.15. The molecule has 3 aromatic carbocycles. The molecule has 0 bridgehead atoms. The van der Waals surface area contributed by atoms with Crippen molar-refractivity contribution in [2.24, 2.45) is 11.8 Å². The predicted octanol–water partition coefficient (Wildman–Crippen LogP) is 9.73. The van der Waals surface area contributed by atoms with Gasteiger partial charge in [-0.25, -0.2) is 0 Å². The Kier molecular flexibility index (Phi) is 9.79.